The number of hydrogen-bond donors (Lipinski definition) is 1. The Labute approximate surface area is 210 Å². The molecule has 1 amide bonds. The molecule has 0 bridgehead atoms. The lowest BCUT2D eigenvalue weighted by molar-refractivity contribution is -0.127. The second-order valence-electron chi connectivity index (χ2n) is 8.54. The Balaban J connectivity index is 0.00000324. The summed E-state index contributed by atoms with van der Waals surface area (Å²) in [6.07, 6.45) is 1.87. The van der Waals surface area contributed by atoms with E-state index in [0.717, 1.165) is 34.0 Å². The zero-order valence-electron chi connectivity index (χ0n) is 19.7. The molecule has 0 saturated heterocycles. The molecular formula is C25H28ClN5O2S. The Morgan fingerprint density at radius 3 is 2.74 bits per heavy atom. The first kappa shape index (κ1) is 25.6. The molecule has 0 aliphatic heterocycles. The fraction of sp³-hybridized carbons (Fsp3) is 0.360. The van der Waals surface area contributed by atoms with Gasteiger partial charge in [-0.15, -0.1) is 22.6 Å². The molecule has 34 heavy (non-hydrogen) atoms. The van der Waals surface area contributed by atoms with Gasteiger partial charge >= 0.3 is 0 Å². The summed E-state index contributed by atoms with van der Waals surface area (Å²) in [5.74, 6) is 0.642. The van der Waals surface area contributed by atoms with Gasteiger partial charge in [0.15, 0.2) is 0 Å². The summed E-state index contributed by atoms with van der Waals surface area (Å²) in [7, 11) is 3.53. The average Bonchev–Trinajstić information content (AvgIpc) is 3.44. The molecule has 0 unspecified atom stereocenters. The Bertz CT molecular complexity index is 1220. The maximum Gasteiger partial charge on any atom is 0.236 e. The molecule has 1 atom stereocenters. The van der Waals surface area contributed by atoms with Crippen LogP contribution in [0.3, 0.4) is 0 Å². The van der Waals surface area contributed by atoms with E-state index in [9.17, 15) is 10.1 Å². The van der Waals surface area contributed by atoms with E-state index in [-0.39, 0.29) is 30.5 Å². The molecule has 1 aliphatic carbocycles. The zero-order chi connectivity index (χ0) is 23.5. The molecule has 0 saturated carbocycles. The summed E-state index contributed by atoms with van der Waals surface area (Å²) >= 11 is 1.51. The number of benzene rings is 2. The fourth-order valence-electron chi connectivity index (χ4n) is 3.99. The molecule has 0 radical (unpaired) electrons. The van der Waals surface area contributed by atoms with Crippen LogP contribution in [0.4, 0.5) is 0 Å². The van der Waals surface area contributed by atoms with Gasteiger partial charge in [-0.1, -0.05) is 29.5 Å². The zero-order valence-corrected chi connectivity index (χ0v) is 21.3. The number of carbonyl (C=O) groups excluding carboxylic acids is 1. The van der Waals surface area contributed by atoms with Crippen LogP contribution in [-0.4, -0.2) is 47.7 Å². The first-order chi connectivity index (χ1) is 15.9. The highest BCUT2D eigenvalue weighted by molar-refractivity contribution is 7.17. The summed E-state index contributed by atoms with van der Waals surface area (Å²) in [6.45, 7) is 4.19. The van der Waals surface area contributed by atoms with Gasteiger partial charge in [0.05, 0.1) is 18.2 Å². The number of amides is 1. The van der Waals surface area contributed by atoms with Crippen molar-refractivity contribution in [2.75, 3.05) is 20.6 Å². The predicted molar refractivity (Wildman–Crippen MR) is 136 cm³/mol. The van der Waals surface area contributed by atoms with Gasteiger partial charge in [-0.2, -0.15) is 5.26 Å². The Morgan fingerprint density at radius 2 is 2.03 bits per heavy atom. The first-order valence-electron chi connectivity index (χ1n) is 11.0. The van der Waals surface area contributed by atoms with Crippen molar-refractivity contribution in [3.05, 3.63) is 53.1 Å². The van der Waals surface area contributed by atoms with Crippen molar-refractivity contribution in [2.24, 2.45) is 0 Å². The molecule has 1 N–H and O–H groups in total. The topological polar surface area (TPSA) is 91.1 Å². The Morgan fingerprint density at radius 1 is 1.26 bits per heavy atom. The van der Waals surface area contributed by atoms with Gasteiger partial charge < -0.3 is 15.0 Å². The second kappa shape index (κ2) is 11.0. The van der Waals surface area contributed by atoms with Gasteiger partial charge in [0.25, 0.3) is 0 Å². The van der Waals surface area contributed by atoms with Crippen LogP contribution in [0.5, 0.6) is 5.75 Å². The number of hydrogen-bond acceptors (Lipinski definition) is 7. The van der Waals surface area contributed by atoms with Gasteiger partial charge in [0.2, 0.25) is 5.91 Å². The van der Waals surface area contributed by atoms with Gasteiger partial charge in [0, 0.05) is 31.3 Å². The predicted octanol–water partition coefficient (Wildman–Crippen LogP) is 4.62. The molecule has 1 aliphatic rings. The van der Waals surface area contributed by atoms with Gasteiger partial charge in [-0.3, -0.25) is 4.79 Å². The number of carbonyl (C=O) groups is 1. The monoisotopic (exact) mass is 497 g/mol. The number of nitriles is 1. The van der Waals surface area contributed by atoms with Crippen LogP contribution in [0.2, 0.25) is 0 Å². The molecule has 4 rings (SSSR count). The van der Waals surface area contributed by atoms with E-state index < -0.39 is 0 Å². The van der Waals surface area contributed by atoms with E-state index in [2.05, 4.69) is 33.7 Å². The van der Waals surface area contributed by atoms with E-state index in [1.165, 1.54) is 22.5 Å². The molecule has 2 aromatic carbocycles. The number of nitrogens with zero attached hydrogens (tertiary/aromatic N) is 4. The van der Waals surface area contributed by atoms with Gasteiger partial charge in [-0.25, -0.2) is 0 Å². The molecule has 3 aromatic rings. The maximum absolute atomic E-state index is 12.0. The van der Waals surface area contributed by atoms with Gasteiger partial charge in [0.1, 0.15) is 21.8 Å². The third kappa shape index (κ3) is 5.39. The summed E-state index contributed by atoms with van der Waals surface area (Å²) in [4.78, 5) is 13.6. The molecule has 9 heteroatoms. The summed E-state index contributed by atoms with van der Waals surface area (Å²) < 4.78 is 5.72. The number of fused-ring (bicyclic) bond motifs is 1. The normalized spacial score (nSPS) is 14.3. The van der Waals surface area contributed by atoms with Crippen LogP contribution in [0.1, 0.15) is 43.0 Å². The van der Waals surface area contributed by atoms with Crippen molar-refractivity contribution >= 4 is 29.7 Å². The molecule has 0 spiro atoms. The van der Waals surface area contributed by atoms with Gasteiger partial charge in [-0.05, 0) is 56.0 Å². The van der Waals surface area contributed by atoms with Crippen LogP contribution in [-0.2, 0) is 11.2 Å². The van der Waals surface area contributed by atoms with Crippen molar-refractivity contribution < 1.29 is 9.53 Å². The highest BCUT2D eigenvalue weighted by atomic mass is 35.5. The first-order valence-corrected chi connectivity index (χ1v) is 11.8. The lowest BCUT2D eigenvalue weighted by Crippen LogP contribution is -2.34. The molecule has 7 nitrogen and oxygen atoms in total. The van der Waals surface area contributed by atoms with E-state index in [1.807, 2.05) is 32.0 Å². The quantitative estimate of drug-likeness (QED) is 0.512. The highest BCUT2D eigenvalue weighted by Crippen LogP contribution is 2.40. The van der Waals surface area contributed by atoms with Crippen molar-refractivity contribution in [3.8, 4) is 33.0 Å². The molecular weight excluding hydrogens is 470 g/mol. The SMILES string of the molecule is CC(C)Oc1ccc(-c2nnc(-c3cccc4c3CC[C@@H]4NCC(=O)N(C)C)s2)cc1C#N.Cl. The number of aromatic nitrogens is 2. The number of halogens is 1. The van der Waals surface area contributed by atoms with E-state index >= 15 is 0 Å². The lowest BCUT2D eigenvalue weighted by Gasteiger charge is -2.16. The number of likely N-dealkylation sites (N-methyl/N-ethyl adjacent to an activating group) is 1. The standard InChI is InChI=1S/C25H27N5O2S.ClH/c1-15(2)32-22-11-8-16(12-17(22)13-26)24-28-29-25(33-24)20-7-5-6-19-18(20)9-10-21(19)27-14-23(31)30(3)4;/h5-8,11-12,15,21,27H,9-10,14H2,1-4H3;1H/t21-;/m0./s1. The lowest BCUT2D eigenvalue weighted by atomic mass is 10.0. The van der Waals surface area contributed by atoms with Crippen molar-refractivity contribution in [2.45, 2.75) is 38.8 Å². The largest absolute Gasteiger partial charge is 0.490 e. The molecule has 178 valence electrons. The third-order valence-electron chi connectivity index (χ3n) is 5.63. The van der Waals surface area contributed by atoms with Crippen LogP contribution in [0.25, 0.3) is 21.1 Å². The number of nitrogens with one attached hydrogen (secondary N) is 1. The van der Waals surface area contributed by atoms with E-state index in [1.54, 1.807) is 25.1 Å². The third-order valence-corrected chi connectivity index (χ3v) is 6.64. The van der Waals surface area contributed by atoms with Crippen molar-refractivity contribution in [1.82, 2.24) is 20.4 Å². The van der Waals surface area contributed by atoms with E-state index in [4.69, 9.17) is 4.74 Å². The minimum atomic E-state index is -0.00410. The summed E-state index contributed by atoms with van der Waals surface area (Å²) in [5, 5.41) is 23.4. The fourth-order valence-corrected chi connectivity index (χ4v) is 4.88. The summed E-state index contributed by atoms with van der Waals surface area (Å²) in [6, 6.07) is 14.1. The minimum absolute atomic E-state index is 0. The average molecular weight is 498 g/mol. The van der Waals surface area contributed by atoms with E-state index in [0.29, 0.717) is 17.9 Å². The van der Waals surface area contributed by atoms with Crippen molar-refractivity contribution in [1.29, 1.82) is 5.26 Å². The second-order valence-corrected chi connectivity index (χ2v) is 9.51. The minimum Gasteiger partial charge on any atom is -0.490 e. The Kier molecular flexibility index (Phi) is 8.26. The maximum atomic E-state index is 12.0. The Hall–Kier alpha value is -2.99. The number of ether oxygens (including phenoxy) is 1. The smallest absolute Gasteiger partial charge is 0.236 e. The van der Waals surface area contributed by atoms with Crippen LogP contribution < -0.4 is 10.1 Å². The van der Waals surface area contributed by atoms with Crippen LogP contribution >= 0.6 is 23.7 Å². The molecule has 0 fully saturated rings. The molecule has 1 heterocycles. The number of rotatable bonds is 7. The molecule has 1 aromatic heterocycles. The van der Waals surface area contributed by atoms with Crippen LogP contribution in [0.15, 0.2) is 36.4 Å². The highest BCUT2D eigenvalue weighted by Gasteiger charge is 2.26. The van der Waals surface area contributed by atoms with Crippen LogP contribution in [0, 0.1) is 11.3 Å². The summed E-state index contributed by atoms with van der Waals surface area (Å²) in [5.41, 5.74) is 4.89. The van der Waals surface area contributed by atoms with Crippen molar-refractivity contribution in [3.63, 3.8) is 0 Å².